The van der Waals surface area contributed by atoms with Gasteiger partial charge in [-0.2, -0.15) is 0 Å². The second-order valence-corrected chi connectivity index (χ2v) is 5.69. The highest BCUT2D eigenvalue weighted by molar-refractivity contribution is 6.17. The van der Waals surface area contributed by atoms with Crippen molar-refractivity contribution in [2.75, 3.05) is 11.4 Å². The van der Waals surface area contributed by atoms with E-state index in [0.717, 1.165) is 30.6 Å². The van der Waals surface area contributed by atoms with Crippen LogP contribution < -0.4 is 4.90 Å². The molecule has 0 fully saturated rings. The minimum atomic E-state index is -0.214. The van der Waals surface area contributed by atoms with Crippen LogP contribution in [0.4, 0.5) is 10.1 Å². The molecule has 0 spiro atoms. The van der Waals surface area contributed by atoms with Crippen LogP contribution >= 0.6 is 11.6 Å². The first-order valence-electron chi connectivity index (χ1n) is 7.14. The molecule has 1 aromatic carbocycles. The first kappa shape index (κ1) is 16.3. The van der Waals surface area contributed by atoms with Crippen LogP contribution in [-0.2, 0) is 5.88 Å². The van der Waals surface area contributed by atoms with Crippen molar-refractivity contribution in [2.24, 2.45) is 5.92 Å². The monoisotopic (exact) mass is 285 g/mol. The Kier molecular flexibility index (Phi) is 6.64. The van der Waals surface area contributed by atoms with Gasteiger partial charge in [0.1, 0.15) is 5.82 Å². The molecule has 3 heteroatoms. The normalized spacial score (nSPS) is 11.4. The molecule has 0 heterocycles. The molecule has 0 bridgehead atoms. The van der Waals surface area contributed by atoms with Crippen molar-refractivity contribution in [3.8, 4) is 0 Å². The van der Waals surface area contributed by atoms with E-state index in [9.17, 15) is 4.39 Å². The van der Waals surface area contributed by atoms with Crippen LogP contribution in [0.1, 0.15) is 46.1 Å². The van der Waals surface area contributed by atoms with Crippen molar-refractivity contribution in [3.63, 3.8) is 0 Å². The summed E-state index contributed by atoms with van der Waals surface area (Å²) in [6, 6.07) is 5.43. The Morgan fingerprint density at radius 3 is 2.32 bits per heavy atom. The third-order valence-electron chi connectivity index (χ3n) is 3.44. The molecule has 0 saturated carbocycles. The number of hydrogen-bond donors (Lipinski definition) is 0. The molecule has 19 heavy (non-hydrogen) atoms. The second kappa shape index (κ2) is 7.74. The molecule has 0 saturated heterocycles. The highest BCUT2D eigenvalue weighted by Gasteiger charge is 2.19. The fraction of sp³-hybridized carbons (Fsp3) is 0.625. The molecule has 0 aliphatic rings. The lowest BCUT2D eigenvalue weighted by Crippen LogP contribution is -2.38. The number of rotatable bonds is 7. The molecule has 108 valence electrons. The van der Waals surface area contributed by atoms with Crippen LogP contribution in [0.2, 0.25) is 0 Å². The molecule has 0 unspecified atom stereocenters. The fourth-order valence-corrected chi connectivity index (χ4v) is 2.72. The number of nitrogens with zero attached hydrogens (tertiary/aromatic N) is 1. The number of hydrogen-bond acceptors (Lipinski definition) is 1. The van der Waals surface area contributed by atoms with Crippen LogP contribution in [0.15, 0.2) is 18.2 Å². The van der Waals surface area contributed by atoms with Gasteiger partial charge in [0, 0.05) is 24.2 Å². The fourth-order valence-electron chi connectivity index (χ4n) is 2.51. The van der Waals surface area contributed by atoms with E-state index in [-0.39, 0.29) is 5.82 Å². The van der Waals surface area contributed by atoms with Gasteiger partial charge < -0.3 is 4.90 Å². The molecule has 0 amide bonds. The molecule has 0 atom stereocenters. The quantitative estimate of drug-likeness (QED) is 0.621. The maximum Gasteiger partial charge on any atom is 0.123 e. The zero-order valence-electron chi connectivity index (χ0n) is 12.4. The summed E-state index contributed by atoms with van der Waals surface area (Å²) in [6.45, 7) is 9.79. The summed E-state index contributed by atoms with van der Waals surface area (Å²) in [5, 5.41) is 0. The summed E-state index contributed by atoms with van der Waals surface area (Å²) in [5.74, 6) is 0.698. The van der Waals surface area contributed by atoms with E-state index in [1.165, 1.54) is 6.07 Å². The Bertz CT molecular complexity index is 388. The Morgan fingerprint density at radius 1 is 1.21 bits per heavy atom. The van der Waals surface area contributed by atoms with Gasteiger partial charge in [-0.1, -0.05) is 27.7 Å². The van der Waals surface area contributed by atoms with Crippen molar-refractivity contribution in [2.45, 2.75) is 52.5 Å². The topological polar surface area (TPSA) is 3.24 Å². The summed E-state index contributed by atoms with van der Waals surface area (Å²) >= 11 is 5.98. The van der Waals surface area contributed by atoms with Gasteiger partial charge in [0.2, 0.25) is 0 Å². The third-order valence-corrected chi connectivity index (χ3v) is 3.73. The minimum absolute atomic E-state index is 0.214. The summed E-state index contributed by atoms with van der Waals surface area (Å²) in [6.07, 6.45) is 2.17. The van der Waals surface area contributed by atoms with E-state index in [1.807, 2.05) is 6.07 Å². The van der Waals surface area contributed by atoms with Gasteiger partial charge in [0.25, 0.3) is 0 Å². The highest BCUT2D eigenvalue weighted by Crippen LogP contribution is 2.28. The first-order valence-corrected chi connectivity index (χ1v) is 7.67. The second-order valence-electron chi connectivity index (χ2n) is 5.42. The number of alkyl halides is 1. The molecule has 0 radical (unpaired) electrons. The van der Waals surface area contributed by atoms with Crippen molar-refractivity contribution < 1.29 is 4.39 Å². The number of halogens is 2. The average Bonchev–Trinajstić information content (AvgIpc) is 2.38. The maximum absolute atomic E-state index is 13.3. The predicted octanol–water partition coefficient (Wildman–Crippen LogP) is 5.22. The Balaban J connectivity index is 3.15. The van der Waals surface area contributed by atoms with E-state index < -0.39 is 0 Å². The molecule has 0 aliphatic heterocycles. The van der Waals surface area contributed by atoms with E-state index in [4.69, 9.17) is 11.6 Å². The Hall–Kier alpha value is -0.760. The lowest BCUT2D eigenvalue weighted by atomic mass is 10.0. The summed E-state index contributed by atoms with van der Waals surface area (Å²) in [4.78, 5) is 2.39. The van der Waals surface area contributed by atoms with Crippen molar-refractivity contribution in [1.29, 1.82) is 0 Å². The Morgan fingerprint density at radius 2 is 1.84 bits per heavy atom. The SMILES string of the molecule is CCC(CC)N(CC(C)C)c1ccc(F)cc1CCl. The van der Waals surface area contributed by atoms with Gasteiger partial charge in [-0.3, -0.25) is 0 Å². The van der Waals surface area contributed by atoms with E-state index in [0.29, 0.717) is 17.8 Å². The molecule has 0 aromatic heterocycles. The summed E-state index contributed by atoms with van der Waals surface area (Å²) in [5.41, 5.74) is 1.97. The zero-order chi connectivity index (χ0) is 14.4. The predicted molar refractivity (Wildman–Crippen MR) is 82.5 cm³/mol. The molecule has 1 nitrogen and oxygen atoms in total. The van der Waals surface area contributed by atoms with E-state index in [1.54, 1.807) is 6.07 Å². The lowest BCUT2D eigenvalue weighted by Gasteiger charge is -2.35. The first-order chi connectivity index (χ1) is 9.03. The van der Waals surface area contributed by atoms with Crippen LogP contribution in [0.3, 0.4) is 0 Å². The number of benzene rings is 1. The van der Waals surface area contributed by atoms with Crippen molar-refractivity contribution in [3.05, 3.63) is 29.6 Å². The largest absolute Gasteiger partial charge is 0.368 e. The molecular formula is C16H25ClFN. The zero-order valence-corrected chi connectivity index (χ0v) is 13.2. The third kappa shape index (κ3) is 4.38. The Labute approximate surface area is 121 Å². The average molecular weight is 286 g/mol. The molecular weight excluding hydrogens is 261 g/mol. The summed E-state index contributed by atoms with van der Waals surface area (Å²) in [7, 11) is 0. The van der Waals surface area contributed by atoms with E-state index in [2.05, 4.69) is 32.6 Å². The van der Waals surface area contributed by atoms with Gasteiger partial charge in [-0.05, 0) is 42.5 Å². The summed E-state index contributed by atoms with van der Waals surface area (Å²) < 4.78 is 13.3. The van der Waals surface area contributed by atoms with Gasteiger partial charge in [0.05, 0.1) is 0 Å². The molecule has 0 aliphatic carbocycles. The molecule has 0 N–H and O–H groups in total. The standard InChI is InChI=1S/C16H25ClFN/c1-5-15(6-2)19(11-12(3)4)16-8-7-14(18)9-13(16)10-17/h7-9,12,15H,5-6,10-11H2,1-4H3. The maximum atomic E-state index is 13.3. The van der Waals surface area contributed by atoms with Gasteiger partial charge in [-0.25, -0.2) is 4.39 Å². The van der Waals surface area contributed by atoms with E-state index >= 15 is 0 Å². The van der Waals surface area contributed by atoms with Crippen molar-refractivity contribution in [1.82, 2.24) is 0 Å². The smallest absolute Gasteiger partial charge is 0.123 e. The van der Waals surface area contributed by atoms with Crippen LogP contribution in [0.5, 0.6) is 0 Å². The van der Waals surface area contributed by atoms with Gasteiger partial charge >= 0.3 is 0 Å². The van der Waals surface area contributed by atoms with Crippen LogP contribution in [0.25, 0.3) is 0 Å². The van der Waals surface area contributed by atoms with Crippen LogP contribution in [-0.4, -0.2) is 12.6 Å². The van der Waals surface area contributed by atoms with Crippen molar-refractivity contribution >= 4 is 17.3 Å². The minimum Gasteiger partial charge on any atom is -0.368 e. The lowest BCUT2D eigenvalue weighted by molar-refractivity contribution is 0.506. The van der Waals surface area contributed by atoms with Gasteiger partial charge in [-0.15, -0.1) is 11.6 Å². The highest BCUT2D eigenvalue weighted by atomic mass is 35.5. The molecule has 1 aromatic rings. The molecule has 1 rings (SSSR count). The van der Waals surface area contributed by atoms with Crippen LogP contribution in [0, 0.1) is 11.7 Å². The van der Waals surface area contributed by atoms with Gasteiger partial charge in [0.15, 0.2) is 0 Å². The number of anilines is 1.